The molecular weight excluding hydrogens is 434 g/mol. The van der Waals surface area contributed by atoms with Gasteiger partial charge in [-0.25, -0.2) is 0 Å². The summed E-state index contributed by atoms with van der Waals surface area (Å²) in [6.07, 6.45) is 6.24. The van der Waals surface area contributed by atoms with E-state index in [4.69, 9.17) is 0 Å². The van der Waals surface area contributed by atoms with Crippen molar-refractivity contribution in [3.05, 3.63) is 131 Å². The molecule has 2 aromatic heterocycles. The number of hydrogen-bond acceptors (Lipinski definition) is 3. The fourth-order valence-electron chi connectivity index (χ4n) is 4.18. The van der Waals surface area contributed by atoms with Crippen LogP contribution in [0.5, 0.6) is 0 Å². The summed E-state index contributed by atoms with van der Waals surface area (Å²) >= 11 is 0. The molecule has 3 aromatic carbocycles. The minimum Gasteiger partial charge on any atom is -0.350 e. The van der Waals surface area contributed by atoms with Crippen LogP contribution in [0.15, 0.2) is 104 Å². The zero-order chi connectivity index (χ0) is 24.2. The Morgan fingerprint density at radius 3 is 2.31 bits per heavy atom. The molecule has 5 heteroatoms. The molecule has 0 radical (unpaired) electrons. The third kappa shape index (κ3) is 5.04. The molecular formula is C30H25N3O2. The van der Waals surface area contributed by atoms with Gasteiger partial charge in [0.05, 0.1) is 5.52 Å². The van der Waals surface area contributed by atoms with Crippen molar-refractivity contribution < 1.29 is 9.59 Å². The summed E-state index contributed by atoms with van der Waals surface area (Å²) in [7, 11) is 0. The number of nitrogens with one attached hydrogen (secondary N) is 1. The van der Waals surface area contributed by atoms with Crippen molar-refractivity contribution in [3.63, 3.8) is 0 Å². The first-order chi connectivity index (χ1) is 17.1. The van der Waals surface area contributed by atoms with Gasteiger partial charge in [-0.05, 0) is 60.0 Å². The number of carbonyl (C=O) groups is 2. The van der Waals surface area contributed by atoms with Crippen LogP contribution in [0, 0.1) is 6.92 Å². The van der Waals surface area contributed by atoms with Gasteiger partial charge in [0.1, 0.15) is 0 Å². The number of ketones is 1. The number of pyridine rings is 1. The number of aryl methyl sites for hydroxylation is 1. The van der Waals surface area contributed by atoms with Gasteiger partial charge in [-0.3, -0.25) is 14.6 Å². The molecule has 1 N–H and O–H groups in total. The van der Waals surface area contributed by atoms with E-state index in [2.05, 4.69) is 20.9 Å². The predicted octanol–water partition coefficient (Wildman–Crippen LogP) is 6.07. The first-order valence-electron chi connectivity index (χ1n) is 11.5. The third-order valence-electron chi connectivity index (χ3n) is 6.12. The number of carbonyl (C=O) groups excluding carboxylic acids is 2. The van der Waals surface area contributed by atoms with Crippen LogP contribution in [-0.2, 0) is 13.0 Å². The molecule has 2 heterocycles. The highest BCUT2D eigenvalue weighted by molar-refractivity contribution is 6.06. The average Bonchev–Trinajstić information content (AvgIpc) is 3.40. The highest BCUT2D eigenvalue weighted by atomic mass is 16.1. The van der Waals surface area contributed by atoms with Gasteiger partial charge in [0.2, 0.25) is 0 Å². The van der Waals surface area contributed by atoms with E-state index in [-0.39, 0.29) is 11.7 Å². The quantitative estimate of drug-likeness (QED) is 0.300. The van der Waals surface area contributed by atoms with Crippen LogP contribution in [0.3, 0.4) is 0 Å². The Balaban J connectivity index is 1.28. The maximum atomic E-state index is 12.9. The Kier molecular flexibility index (Phi) is 6.22. The molecule has 172 valence electrons. The molecule has 5 aromatic rings. The third-order valence-corrected chi connectivity index (χ3v) is 6.12. The van der Waals surface area contributed by atoms with Gasteiger partial charge in [-0.15, -0.1) is 0 Å². The van der Waals surface area contributed by atoms with E-state index in [1.807, 2.05) is 92.2 Å². The highest BCUT2D eigenvalue weighted by Gasteiger charge is 2.12. The molecule has 0 bridgehead atoms. The molecule has 35 heavy (non-hydrogen) atoms. The van der Waals surface area contributed by atoms with E-state index in [1.54, 1.807) is 12.1 Å². The van der Waals surface area contributed by atoms with Crippen LogP contribution in [0.4, 0.5) is 5.69 Å². The largest absolute Gasteiger partial charge is 0.350 e. The van der Waals surface area contributed by atoms with Crippen LogP contribution in [0.1, 0.15) is 37.4 Å². The maximum Gasteiger partial charge on any atom is 0.255 e. The second-order valence-corrected chi connectivity index (χ2v) is 8.63. The Bertz CT molecular complexity index is 1490. The average molecular weight is 460 g/mol. The van der Waals surface area contributed by atoms with Gasteiger partial charge in [-0.2, -0.15) is 0 Å². The topological polar surface area (TPSA) is 64.0 Å². The summed E-state index contributed by atoms with van der Waals surface area (Å²) in [4.78, 5) is 30.0. The number of nitrogens with zero attached hydrogens (tertiary/aromatic N) is 2. The van der Waals surface area contributed by atoms with Crippen LogP contribution < -0.4 is 5.32 Å². The van der Waals surface area contributed by atoms with Crippen molar-refractivity contribution >= 4 is 28.3 Å². The fourth-order valence-corrected chi connectivity index (χ4v) is 4.18. The lowest BCUT2D eigenvalue weighted by Crippen LogP contribution is -2.13. The number of Topliss-reactive ketones (excluding diaryl/α,β-unsaturated/α-hetero) is 1. The lowest BCUT2D eigenvalue weighted by atomic mass is 10.0. The molecule has 5 rings (SSSR count). The lowest BCUT2D eigenvalue weighted by molar-refractivity contribution is 0.0991. The number of fused-ring (bicyclic) bond motifs is 1. The summed E-state index contributed by atoms with van der Waals surface area (Å²) in [6.45, 7) is 2.73. The zero-order valence-corrected chi connectivity index (χ0v) is 19.4. The van der Waals surface area contributed by atoms with Crippen molar-refractivity contribution in [2.75, 3.05) is 5.32 Å². The molecule has 0 fully saturated rings. The summed E-state index contributed by atoms with van der Waals surface area (Å²) < 4.78 is 2.10. The SMILES string of the molecule is Cc1c(NC(=O)c2ccc(CC(=O)c3ccccc3)cc2)ccc2cc(Cn3cccc3)cnc12. The molecule has 0 saturated heterocycles. The molecule has 0 aliphatic heterocycles. The molecule has 0 aliphatic carbocycles. The number of anilines is 1. The normalized spacial score (nSPS) is 10.9. The molecule has 5 nitrogen and oxygen atoms in total. The fraction of sp³-hybridized carbons (Fsp3) is 0.100. The smallest absolute Gasteiger partial charge is 0.255 e. The first-order valence-corrected chi connectivity index (χ1v) is 11.5. The summed E-state index contributed by atoms with van der Waals surface area (Å²) in [5.41, 5.74) is 5.74. The number of rotatable bonds is 7. The monoisotopic (exact) mass is 459 g/mol. The van der Waals surface area contributed by atoms with Crippen molar-refractivity contribution in [1.29, 1.82) is 0 Å². The predicted molar refractivity (Wildman–Crippen MR) is 139 cm³/mol. The van der Waals surface area contributed by atoms with Crippen LogP contribution in [0.2, 0.25) is 0 Å². The standard InChI is InChI=1S/C30H25N3O2/c1-21-27(14-13-26-17-23(19-31-29(21)26)20-33-15-5-6-16-33)32-30(35)25-11-9-22(10-12-25)18-28(34)24-7-3-2-4-8-24/h2-17,19H,18,20H2,1H3,(H,32,35). The van der Waals surface area contributed by atoms with Gasteiger partial charge in [-0.1, -0.05) is 48.5 Å². The number of benzene rings is 3. The minimum absolute atomic E-state index is 0.0543. The van der Waals surface area contributed by atoms with Crippen molar-refractivity contribution in [1.82, 2.24) is 9.55 Å². The number of hydrogen-bond donors (Lipinski definition) is 1. The van der Waals surface area contributed by atoms with Crippen LogP contribution >= 0.6 is 0 Å². The summed E-state index contributed by atoms with van der Waals surface area (Å²) in [5.74, 6) is -0.142. The van der Waals surface area contributed by atoms with Gasteiger partial charge >= 0.3 is 0 Å². The van der Waals surface area contributed by atoms with E-state index in [9.17, 15) is 9.59 Å². The number of amides is 1. The maximum absolute atomic E-state index is 12.9. The minimum atomic E-state index is -0.197. The van der Waals surface area contributed by atoms with Gasteiger partial charge < -0.3 is 9.88 Å². The van der Waals surface area contributed by atoms with Crippen molar-refractivity contribution in [3.8, 4) is 0 Å². The van der Waals surface area contributed by atoms with Gasteiger partial charge in [0.15, 0.2) is 5.78 Å². The van der Waals surface area contributed by atoms with E-state index >= 15 is 0 Å². The highest BCUT2D eigenvalue weighted by Crippen LogP contribution is 2.25. The Hall–Kier alpha value is -4.51. The second kappa shape index (κ2) is 9.77. The molecule has 0 spiro atoms. The van der Waals surface area contributed by atoms with Crippen LogP contribution in [-0.4, -0.2) is 21.2 Å². The molecule has 0 unspecified atom stereocenters. The van der Waals surface area contributed by atoms with E-state index in [1.165, 1.54) is 0 Å². The Morgan fingerprint density at radius 2 is 1.57 bits per heavy atom. The van der Waals surface area contributed by atoms with E-state index < -0.39 is 0 Å². The Morgan fingerprint density at radius 1 is 0.829 bits per heavy atom. The lowest BCUT2D eigenvalue weighted by Gasteiger charge is -2.12. The van der Waals surface area contributed by atoms with E-state index in [0.29, 0.717) is 17.5 Å². The van der Waals surface area contributed by atoms with Gasteiger partial charge in [0, 0.05) is 53.8 Å². The molecule has 1 amide bonds. The molecule has 0 atom stereocenters. The van der Waals surface area contributed by atoms with Crippen LogP contribution in [0.25, 0.3) is 10.9 Å². The zero-order valence-electron chi connectivity index (χ0n) is 19.4. The summed E-state index contributed by atoms with van der Waals surface area (Å²) in [5, 5.41) is 4.05. The van der Waals surface area contributed by atoms with Gasteiger partial charge in [0.25, 0.3) is 5.91 Å². The second-order valence-electron chi connectivity index (χ2n) is 8.63. The van der Waals surface area contributed by atoms with Crippen molar-refractivity contribution in [2.24, 2.45) is 0 Å². The van der Waals surface area contributed by atoms with Crippen molar-refractivity contribution in [2.45, 2.75) is 19.9 Å². The summed E-state index contributed by atoms with van der Waals surface area (Å²) in [6, 6.07) is 26.5. The Labute approximate surface area is 204 Å². The molecule has 0 saturated carbocycles. The first kappa shape index (κ1) is 22.3. The van der Waals surface area contributed by atoms with E-state index in [0.717, 1.165) is 39.8 Å². The number of aromatic nitrogens is 2. The molecule has 0 aliphatic rings.